The minimum absolute atomic E-state index is 0.0497. The van der Waals surface area contributed by atoms with Crippen LogP contribution in [0, 0.1) is 0 Å². The van der Waals surface area contributed by atoms with E-state index in [1.807, 2.05) is 13.8 Å². The van der Waals surface area contributed by atoms with Crippen LogP contribution in [0.25, 0.3) is 5.76 Å². The Labute approximate surface area is 210 Å². The molecule has 1 saturated heterocycles. The Bertz CT molecular complexity index is 1150. The third kappa shape index (κ3) is 5.52. The van der Waals surface area contributed by atoms with Crippen LogP contribution in [0.5, 0.6) is 17.2 Å². The van der Waals surface area contributed by atoms with Gasteiger partial charge in [-0.1, -0.05) is 26.0 Å². The summed E-state index contributed by atoms with van der Waals surface area (Å²) in [5.41, 5.74) is 0.777. The third-order valence-electron chi connectivity index (χ3n) is 6.21. The number of nitrogens with zero attached hydrogens (tertiary/aromatic N) is 2. The van der Waals surface area contributed by atoms with Crippen LogP contribution < -0.4 is 14.2 Å². The number of rotatable bonds is 10. The first-order valence-corrected chi connectivity index (χ1v) is 11.8. The number of ketones is 1. The van der Waals surface area contributed by atoms with Gasteiger partial charge in [0.25, 0.3) is 11.7 Å². The standard InChI is InChI=1S/C27H32N2O7/c1-6-28(7-2)14-15-29-24(18-8-10-19(11-9-18)36-17(3)30)23(26(32)27(29)33)25(31)21-16-20(34-4)12-13-22(21)35-5/h8-13,16,24,31H,6-7,14-15H2,1-5H3/b25-23+. The van der Waals surface area contributed by atoms with Crippen LogP contribution in [0.1, 0.15) is 37.9 Å². The minimum Gasteiger partial charge on any atom is -0.507 e. The lowest BCUT2D eigenvalue weighted by Crippen LogP contribution is -2.38. The van der Waals surface area contributed by atoms with Crippen LogP contribution in [-0.4, -0.2) is 73.0 Å². The van der Waals surface area contributed by atoms with Crippen LogP contribution in [0.4, 0.5) is 0 Å². The predicted molar refractivity (Wildman–Crippen MR) is 134 cm³/mol. The maximum absolute atomic E-state index is 13.3. The van der Waals surface area contributed by atoms with E-state index in [0.717, 1.165) is 13.1 Å². The van der Waals surface area contributed by atoms with Crippen LogP contribution in [-0.2, 0) is 14.4 Å². The summed E-state index contributed by atoms with van der Waals surface area (Å²) in [6, 6.07) is 10.5. The molecule has 3 rings (SSSR count). The summed E-state index contributed by atoms with van der Waals surface area (Å²) >= 11 is 0. The molecule has 9 heteroatoms. The zero-order chi connectivity index (χ0) is 26.4. The van der Waals surface area contributed by atoms with Crippen molar-refractivity contribution in [2.45, 2.75) is 26.8 Å². The molecule has 1 N–H and O–H groups in total. The maximum Gasteiger partial charge on any atom is 0.308 e. The van der Waals surface area contributed by atoms with E-state index in [0.29, 0.717) is 29.4 Å². The Kier molecular flexibility index (Phi) is 8.71. The topological polar surface area (TPSA) is 106 Å². The molecule has 1 aliphatic rings. The Balaban J connectivity index is 2.15. The monoisotopic (exact) mass is 496 g/mol. The zero-order valence-corrected chi connectivity index (χ0v) is 21.2. The first-order valence-electron chi connectivity index (χ1n) is 11.8. The van der Waals surface area contributed by atoms with Gasteiger partial charge in [0.1, 0.15) is 23.0 Å². The summed E-state index contributed by atoms with van der Waals surface area (Å²) in [7, 11) is 2.94. The summed E-state index contributed by atoms with van der Waals surface area (Å²) < 4.78 is 15.8. The first kappa shape index (κ1) is 26.7. The number of methoxy groups -OCH3 is 2. The number of likely N-dealkylation sites (tertiary alicyclic amines) is 1. The van der Waals surface area contributed by atoms with E-state index in [1.165, 1.54) is 26.0 Å². The molecule has 2 aromatic rings. The first-order chi connectivity index (χ1) is 17.2. The van der Waals surface area contributed by atoms with Crippen molar-refractivity contribution in [2.24, 2.45) is 0 Å². The molecule has 1 fully saturated rings. The fraction of sp³-hybridized carbons (Fsp3) is 0.370. The largest absolute Gasteiger partial charge is 0.507 e. The fourth-order valence-electron chi connectivity index (χ4n) is 4.27. The van der Waals surface area contributed by atoms with Crippen molar-refractivity contribution in [3.8, 4) is 17.2 Å². The number of likely N-dealkylation sites (N-methyl/N-ethyl adjacent to an activating group) is 1. The number of carbonyl (C=O) groups is 3. The lowest BCUT2D eigenvalue weighted by molar-refractivity contribution is -0.140. The van der Waals surface area contributed by atoms with Gasteiger partial charge < -0.3 is 29.1 Å². The van der Waals surface area contributed by atoms with Gasteiger partial charge in [0.2, 0.25) is 0 Å². The smallest absolute Gasteiger partial charge is 0.308 e. The van der Waals surface area contributed by atoms with E-state index in [1.54, 1.807) is 42.5 Å². The number of carbonyl (C=O) groups excluding carboxylic acids is 3. The lowest BCUT2D eigenvalue weighted by Gasteiger charge is -2.28. The molecule has 1 amide bonds. The van der Waals surface area contributed by atoms with Crippen molar-refractivity contribution >= 4 is 23.4 Å². The molecule has 9 nitrogen and oxygen atoms in total. The average Bonchev–Trinajstić information content (AvgIpc) is 3.13. The Morgan fingerprint density at radius 2 is 1.64 bits per heavy atom. The summed E-state index contributed by atoms with van der Waals surface area (Å²) in [5, 5.41) is 11.4. The molecular formula is C27H32N2O7. The third-order valence-corrected chi connectivity index (χ3v) is 6.21. The second-order valence-corrected chi connectivity index (χ2v) is 8.25. The van der Waals surface area contributed by atoms with Gasteiger partial charge >= 0.3 is 5.97 Å². The molecule has 1 heterocycles. The van der Waals surface area contributed by atoms with Crippen molar-refractivity contribution in [2.75, 3.05) is 40.4 Å². The highest BCUT2D eigenvalue weighted by molar-refractivity contribution is 6.46. The Hall–Kier alpha value is -3.85. The molecule has 36 heavy (non-hydrogen) atoms. The highest BCUT2D eigenvalue weighted by Gasteiger charge is 2.46. The number of benzene rings is 2. The molecule has 0 saturated carbocycles. The van der Waals surface area contributed by atoms with Gasteiger partial charge in [-0.05, 0) is 49.0 Å². The van der Waals surface area contributed by atoms with E-state index < -0.39 is 23.7 Å². The van der Waals surface area contributed by atoms with Crippen molar-refractivity contribution in [3.05, 3.63) is 59.2 Å². The molecule has 0 aromatic heterocycles. The van der Waals surface area contributed by atoms with E-state index in [4.69, 9.17) is 14.2 Å². The normalized spacial score (nSPS) is 16.9. The molecule has 1 atom stereocenters. The summed E-state index contributed by atoms with van der Waals surface area (Å²) in [6.07, 6.45) is 0. The van der Waals surface area contributed by atoms with Gasteiger partial charge in [0.05, 0.1) is 31.4 Å². The van der Waals surface area contributed by atoms with Gasteiger partial charge in [0.15, 0.2) is 0 Å². The van der Waals surface area contributed by atoms with E-state index >= 15 is 0 Å². The second-order valence-electron chi connectivity index (χ2n) is 8.25. The number of hydrogen-bond donors (Lipinski definition) is 1. The number of aliphatic hydroxyl groups excluding tert-OH is 1. The number of Topliss-reactive ketones (excluding diaryl/α,β-unsaturated/α-hetero) is 1. The van der Waals surface area contributed by atoms with Gasteiger partial charge in [-0.25, -0.2) is 0 Å². The van der Waals surface area contributed by atoms with Crippen molar-refractivity contribution in [1.29, 1.82) is 0 Å². The van der Waals surface area contributed by atoms with Gasteiger partial charge in [-0.3, -0.25) is 14.4 Å². The Morgan fingerprint density at radius 1 is 1.00 bits per heavy atom. The highest BCUT2D eigenvalue weighted by Crippen LogP contribution is 2.41. The fourth-order valence-corrected chi connectivity index (χ4v) is 4.27. The van der Waals surface area contributed by atoms with Crippen molar-refractivity contribution in [1.82, 2.24) is 9.80 Å². The molecule has 0 radical (unpaired) electrons. The SMILES string of the molecule is CCN(CC)CCN1C(=O)C(=O)/C(=C(/O)c2cc(OC)ccc2OC)C1c1ccc(OC(C)=O)cc1. The number of ether oxygens (including phenoxy) is 3. The maximum atomic E-state index is 13.3. The molecule has 0 spiro atoms. The predicted octanol–water partition coefficient (Wildman–Crippen LogP) is 3.39. The van der Waals surface area contributed by atoms with Crippen LogP contribution >= 0.6 is 0 Å². The number of hydrogen-bond acceptors (Lipinski definition) is 8. The van der Waals surface area contributed by atoms with Crippen molar-refractivity contribution in [3.63, 3.8) is 0 Å². The molecule has 2 aromatic carbocycles. The molecular weight excluding hydrogens is 464 g/mol. The van der Waals surface area contributed by atoms with Gasteiger partial charge in [-0.15, -0.1) is 0 Å². The van der Waals surface area contributed by atoms with Crippen LogP contribution in [0.15, 0.2) is 48.0 Å². The number of esters is 1. The molecule has 0 aliphatic carbocycles. The van der Waals surface area contributed by atoms with Crippen LogP contribution in [0.2, 0.25) is 0 Å². The minimum atomic E-state index is -0.845. The summed E-state index contributed by atoms with van der Waals surface area (Å²) in [6.45, 7) is 7.79. The Morgan fingerprint density at radius 3 is 2.19 bits per heavy atom. The van der Waals surface area contributed by atoms with E-state index in [2.05, 4.69) is 4.90 Å². The second kappa shape index (κ2) is 11.7. The van der Waals surface area contributed by atoms with Crippen molar-refractivity contribution < 1.29 is 33.7 Å². The molecule has 1 aliphatic heterocycles. The zero-order valence-electron chi connectivity index (χ0n) is 21.2. The van der Waals surface area contributed by atoms with Gasteiger partial charge in [-0.2, -0.15) is 0 Å². The van der Waals surface area contributed by atoms with E-state index in [9.17, 15) is 19.5 Å². The number of amides is 1. The lowest BCUT2D eigenvalue weighted by atomic mass is 9.95. The summed E-state index contributed by atoms with van der Waals surface area (Å²) in [4.78, 5) is 41.4. The van der Waals surface area contributed by atoms with Crippen LogP contribution in [0.3, 0.4) is 0 Å². The number of aliphatic hydroxyl groups is 1. The van der Waals surface area contributed by atoms with E-state index in [-0.39, 0.29) is 23.4 Å². The quantitative estimate of drug-likeness (QED) is 0.175. The van der Waals surface area contributed by atoms with Gasteiger partial charge in [0, 0.05) is 20.0 Å². The molecule has 1 unspecified atom stereocenters. The molecule has 192 valence electrons. The highest BCUT2D eigenvalue weighted by atomic mass is 16.5. The summed E-state index contributed by atoms with van der Waals surface area (Å²) in [5.74, 6) is -1.19. The average molecular weight is 497 g/mol. The molecule has 0 bridgehead atoms.